The summed E-state index contributed by atoms with van der Waals surface area (Å²) in [6.45, 7) is 2.77. The van der Waals surface area contributed by atoms with Crippen LogP contribution in [0, 0.1) is 0 Å². The fourth-order valence-electron chi connectivity index (χ4n) is 2.31. The van der Waals surface area contributed by atoms with Crippen LogP contribution in [0.5, 0.6) is 0 Å². The number of rotatable bonds is 4. The first-order chi connectivity index (χ1) is 9.42. The summed E-state index contributed by atoms with van der Waals surface area (Å²) in [6, 6.07) is 5.02. The van der Waals surface area contributed by atoms with E-state index in [1.54, 1.807) is 12.1 Å². The lowest BCUT2D eigenvalue weighted by molar-refractivity contribution is 0.0232. The number of nitrogens with one attached hydrogen (secondary N) is 2. The highest BCUT2D eigenvalue weighted by molar-refractivity contribution is 7.89. The van der Waals surface area contributed by atoms with E-state index in [2.05, 4.69) is 10.0 Å². The highest BCUT2D eigenvalue weighted by Gasteiger charge is 2.20. The van der Waals surface area contributed by atoms with Crippen molar-refractivity contribution in [2.75, 3.05) is 24.7 Å². The van der Waals surface area contributed by atoms with E-state index in [4.69, 9.17) is 10.5 Å². The van der Waals surface area contributed by atoms with Crippen molar-refractivity contribution in [3.8, 4) is 0 Å². The predicted molar refractivity (Wildman–Crippen MR) is 79.2 cm³/mol. The largest absolute Gasteiger partial charge is 0.397 e. The molecule has 2 rings (SSSR count). The van der Waals surface area contributed by atoms with Gasteiger partial charge in [-0.15, -0.1) is 0 Å². The molecule has 1 aliphatic heterocycles. The van der Waals surface area contributed by atoms with E-state index in [0.29, 0.717) is 11.7 Å². The molecular formula is C13H21N3O3S. The molecule has 2 atom stereocenters. The van der Waals surface area contributed by atoms with E-state index < -0.39 is 10.0 Å². The Kier molecular flexibility index (Phi) is 4.52. The van der Waals surface area contributed by atoms with Crippen molar-refractivity contribution in [1.82, 2.24) is 4.72 Å². The number of hydrogen-bond acceptors (Lipinski definition) is 5. The van der Waals surface area contributed by atoms with Crippen LogP contribution in [0.4, 0.5) is 11.4 Å². The molecule has 0 amide bonds. The van der Waals surface area contributed by atoms with Gasteiger partial charge in [0, 0.05) is 12.6 Å². The van der Waals surface area contributed by atoms with Gasteiger partial charge in [-0.25, -0.2) is 13.1 Å². The Morgan fingerprint density at radius 3 is 2.75 bits per heavy atom. The van der Waals surface area contributed by atoms with E-state index in [1.807, 2.05) is 6.92 Å². The molecule has 0 aliphatic carbocycles. The lowest BCUT2D eigenvalue weighted by Crippen LogP contribution is -2.32. The van der Waals surface area contributed by atoms with Crippen molar-refractivity contribution >= 4 is 21.4 Å². The summed E-state index contributed by atoms with van der Waals surface area (Å²) in [4.78, 5) is 0.170. The molecular weight excluding hydrogens is 278 g/mol. The zero-order valence-electron chi connectivity index (χ0n) is 11.7. The number of benzene rings is 1. The van der Waals surface area contributed by atoms with E-state index in [0.717, 1.165) is 25.1 Å². The molecule has 0 radical (unpaired) electrons. The summed E-state index contributed by atoms with van der Waals surface area (Å²) in [7, 11) is -2.08. The molecule has 0 saturated carbocycles. The number of nitrogen functional groups attached to an aromatic ring is 1. The van der Waals surface area contributed by atoms with E-state index in [-0.39, 0.29) is 11.0 Å². The first-order valence-electron chi connectivity index (χ1n) is 6.63. The SMILES string of the molecule is CNS(=O)(=O)c1ccc(NC2CCOC(C)C2)c(N)c1. The number of anilines is 2. The zero-order chi connectivity index (χ0) is 14.8. The monoisotopic (exact) mass is 299 g/mol. The maximum Gasteiger partial charge on any atom is 0.240 e. The third kappa shape index (κ3) is 3.41. The number of sulfonamides is 1. The van der Waals surface area contributed by atoms with E-state index >= 15 is 0 Å². The molecule has 7 heteroatoms. The minimum Gasteiger partial charge on any atom is -0.397 e. The maximum atomic E-state index is 11.7. The molecule has 20 heavy (non-hydrogen) atoms. The van der Waals surface area contributed by atoms with Gasteiger partial charge in [-0.05, 0) is 45.0 Å². The molecule has 1 fully saturated rings. The van der Waals surface area contributed by atoms with Crippen molar-refractivity contribution in [2.24, 2.45) is 0 Å². The van der Waals surface area contributed by atoms with Crippen LogP contribution in [0.1, 0.15) is 19.8 Å². The number of hydrogen-bond donors (Lipinski definition) is 3. The highest BCUT2D eigenvalue weighted by Crippen LogP contribution is 2.25. The number of ether oxygens (including phenoxy) is 1. The normalized spacial score (nSPS) is 23.5. The highest BCUT2D eigenvalue weighted by atomic mass is 32.2. The quantitative estimate of drug-likeness (QED) is 0.725. The van der Waals surface area contributed by atoms with Crippen LogP contribution in [0.15, 0.2) is 23.1 Å². The van der Waals surface area contributed by atoms with Gasteiger partial charge in [-0.1, -0.05) is 0 Å². The summed E-state index contributed by atoms with van der Waals surface area (Å²) in [5, 5.41) is 3.36. The molecule has 4 N–H and O–H groups in total. The third-order valence-electron chi connectivity index (χ3n) is 3.45. The fraction of sp³-hybridized carbons (Fsp3) is 0.538. The van der Waals surface area contributed by atoms with E-state index in [9.17, 15) is 8.42 Å². The molecule has 1 aliphatic rings. The number of nitrogens with two attached hydrogens (primary N) is 1. The lowest BCUT2D eigenvalue weighted by Gasteiger charge is -2.29. The van der Waals surface area contributed by atoms with Crippen LogP contribution in [0.3, 0.4) is 0 Å². The molecule has 112 valence electrons. The maximum absolute atomic E-state index is 11.7. The van der Waals surface area contributed by atoms with Gasteiger partial charge in [0.2, 0.25) is 10.0 Å². The van der Waals surface area contributed by atoms with Crippen molar-refractivity contribution in [1.29, 1.82) is 0 Å². The lowest BCUT2D eigenvalue weighted by atomic mass is 10.0. The minimum atomic E-state index is -3.46. The molecule has 1 aromatic carbocycles. The Hall–Kier alpha value is -1.31. The van der Waals surface area contributed by atoms with Crippen molar-refractivity contribution in [2.45, 2.75) is 36.8 Å². The second-order valence-corrected chi connectivity index (χ2v) is 6.89. The summed E-state index contributed by atoms with van der Waals surface area (Å²) >= 11 is 0. The Bertz CT molecular complexity index is 574. The molecule has 6 nitrogen and oxygen atoms in total. The van der Waals surface area contributed by atoms with Crippen molar-refractivity contribution < 1.29 is 13.2 Å². The van der Waals surface area contributed by atoms with Crippen LogP contribution >= 0.6 is 0 Å². The second-order valence-electron chi connectivity index (χ2n) is 5.00. The van der Waals surface area contributed by atoms with Crippen LogP contribution in [0.25, 0.3) is 0 Å². The molecule has 0 aromatic heterocycles. The first-order valence-corrected chi connectivity index (χ1v) is 8.12. The third-order valence-corrected chi connectivity index (χ3v) is 4.86. The summed E-state index contributed by atoms with van der Waals surface area (Å²) in [6.07, 6.45) is 2.06. The van der Waals surface area contributed by atoms with Gasteiger partial charge in [0.05, 0.1) is 22.4 Å². The summed E-state index contributed by atoms with van der Waals surface area (Å²) in [5.41, 5.74) is 7.13. The fourth-order valence-corrected chi connectivity index (χ4v) is 3.07. The minimum absolute atomic E-state index is 0.170. The Morgan fingerprint density at radius 1 is 1.40 bits per heavy atom. The molecule has 1 heterocycles. The van der Waals surface area contributed by atoms with Gasteiger partial charge in [0.15, 0.2) is 0 Å². The van der Waals surface area contributed by atoms with Crippen molar-refractivity contribution in [3.63, 3.8) is 0 Å². The molecule has 2 unspecified atom stereocenters. The molecule has 1 aromatic rings. The van der Waals surface area contributed by atoms with Gasteiger partial charge in [-0.2, -0.15) is 0 Å². The first kappa shape index (κ1) is 15.1. The standard InChI is InChI=1S/C13H21N3O3S/c1-9-7-10(5-6-19-9)16-13-4-3-11(8-12(13)14)20(17,18)15-2/h3-4,8-10,15-16H,5-7,14H2,1-2H3. The average Bonchev–Trinajstić information content (AvgIpc) is 2.41. The molecule has 0 bridgehead atoms. The smallest absolute Gasteiger partial charge is 0.240 e. The topological polar surface area (TPSA) is 93.5 Å². The van der Waals surface area contributed by atoms with Gasteiger partial charge in [0.1, 0.15) is 0 Å². The average molecular weight is 299 g/mol. The Morgan fingerprint density at radius 2 is 2.15 bits per heavy atom. The second kappa shape index (κ2) is 5.99. The van der Waals surface area contributed by atoms with Gasteiger partial charge in [0.25, 0.3) is 0 Å². The van der Waals surface area contributed by atoms with Crippen LogP contribution < -0.4 is 15.8 Å². The van der Waals surface area contributed by atoms with E-state index in [1.165, 1.54) is 13.1 Å². The van der Waals surface area contributed by atoms with Gasteiger partial charge in [-0.3, -0.25) is 0 Å². The van der Waals surface area contributed by atoms with Crippen molar-refractivity contribution in [3.05, 3.63) is 18.2 Å². The summed E-state index contributed by atoms with van der Waals surface area (Å²) < 4.78 is 31.2. The molecule has 1 saturated heterocycles. The van der Waals surface area contributed by atoms with Crippen LogP contribution in [-0.2, 0) is 14.8 Å². The zero-order valence-corrected chi connectivity index (χ0v) is 12.5. The molecule has 0 spiro atoms. The van der Waals surface area contributed by atoms with Crippen LogP contribution in [-0.4, -0.2) is 34.2 Å². The van der Waals surface area contributed by atoms with Crippen LogP contribution in [0.2, 0.25) is 0 Å². The summed E-state index contributed by atoms with van der Waals surface area (Å²) in [5.74, 6) is 0. The Labute approximate surface area is 119 Å². The predicted octanol–water partition coefficient (Wildman–Crippen LogP) is 1.16. The van der Waals surface area contributed by atoms with Gasteiger partial charge >= 0.3 is 0 Å². The Balaban J connectivity index is 2.14. The van der Waals surface area contributed by atoms with Gasteiger partial charge < -0.3 is 15.8 Å².